The van der Waals surface area contributed by atoms with Crippen molar-refractivity contribution in [3.05, 3.63) is 157 Å². The zero-order chi connectivity index (χ0) is 32.4. The van der Waals surface area contributed by atoms with E-state index in [9.17, 15) is 0 Å². The molecule has 2 heterocycles. The van der Waals surface area contributed by atoms with Gasteiger partial charge < -0.3 is 0 Å². The smallest absolute Gasteiger partial charge is 0.160 e. The van der Waals surface area contributed by atoms with Crippen LogP contribution in [0.3, 0.4) is 0 Å². The van der Waals surface area contributed by atoms with Gasteiger partial charge in [0.2, 0.25) is 0 Å². The van der Waals surface area contributed by atoms with Gasteiger partial charge in [-0.3, -0.25) is 0 Å². The van der Waals surface area contributed by atoms with Crippen LogP contribution in [-0.2, 0) is 5.41 Å². The lowest BCUT2D eigenvalue weighted by Gasteiger charge is -2.37. The van der Waals surface area contributed by atoms with Crippen LogP contribution < -0.4 is 0 Å². The Balaban J connectivity index is 1.15. The Morgan fingerprint density at radius 2 is 1.14 bits per heavy atom. The molecular weight excluding hydrogens is 613 g/mol. The fourth-order valence-electron chi connectivity index (χ4n) is 8.67. The normalized spacial score (nSPS) is 14.7. The van der Waals surface area contributed by atoms with Gasteiger partial charge >= 0.3 is 0 Å². The second kappa shape index (κ2) is 11.4. The number of nitrogens with zero attached hydrogens (tertiary/aromatic N) is 2. The van der Waals surface area contributed by atoms with Gasteiger partial charge in [-0.25, -0.2) is 9.97 Å². The van der Waals surface area contributed by atoms with Crippen molar-refractivity contribution in [1.29, 1.82) is 0 Å². The Morgan fingerprint density at radius 1 is 0.490 bits per heavy atom. The molecule has 0 saturated heterocycles. The molecule has 2 aromatic heterocycles. The quantitative estimate of drug-likeness (QED) is 0.190. The molecule has 6 aromatic carbocycles. The van der Waals surface area contributed by atoms with Gasteiger partial charge in [-0.2, -0.15) is 0 Å². The first-order valence-electron chi connectivity index (χ1n) is 17.5. The Morgan fingerprint density at radius 3 is 2.02 bits per heavy atom. The molecule has 0 N–H and O–H groups in total. The highest BCUT2D eigenvalue weighted by atomic mass is 32.1. The standard InChI is InChI=1S/C46H34N2S/c1-3-13-30(14-4-1)31-23-25-32(26-24-31)45-47-42(44-43(48-45)38-18-6-8-22-40(38)49-44)34-16-11-15-33(29-34)35-19-12-20-37-36-17-5-7-21-39(36)46(41(35)37)27-9-2-10-28-46/h1,3-8,11-26,29H,2,9-10,27-28H2. The summed E-state index contributed by atoms with van der Waals surface area (Å²) in [5.74, 6) is 0.758. The predicted octanol–water partition coefficient (Wildman–Crippen LogP) is 12.7. The SMILES string of the molecule is c1ccc(-c2ccc(-c3nc(-c4cccc(-c5cccc6c5C5(CCCCC5)c5ccccc5-6)c4)c4sc5ccccc5c4n3)cc2)cc1. The molecule has 49 heavy (non-hydrogen) atoms. The lowest BCUT2D eigenvalue weighted by atomic mass is 9.66. The first-order valence-corrected chi connectivity index (χ1v) is 18.3. The van der Waals surface area contributed by atoms with Gasteiger partial charge in [0.05, 0.1) is 15.9 Å². The zero-order valence-corrected chi connectivity index (χ0v) is 28.0. The summed E-state index contributed by atoms with van der Waals surface area (Å²) in [5.41, 5.74) is 15.2. The van der Waals surface area contributed by atoms with Crippen LogP contribution in [0.1, 0.15) is 43.2 Å². The van der Waals surface area contributed by atoms with Gasteiger partial charge in [0.25, 0.3) is 0 Å². The van der Waals surface area contributed by atoms with Crippen molar-refractivity contribution in [2.75, 3.05) is 0 Å². The molecule has 3 heteroatoms. The fourth-order valence-corrected chi connectivity index (χ4v) is 9.82. The monoisotopic (exact) mass is 646 g/mol. The molecule has 0 amide bonds. The summed E-state index contributed by atoms with van der Waals surface area (Å²) < 4.78 is 2.37. The topological polar surface area (TPSA) is 25.8 Å². The number of aromatic nitrogens is 2. The molecule has 1 spiro atoms. The first kappa shape index (κ1) is 28.6. The Bertz CT molecular complexity index is 2520. The van der Waals surface area contributed by atoms with Gasteiger partial charge in [0.1, 0.15) is 0 Å². The minimum atomic E-state index is 0.0868. The summed E-state index contributed by atoms with van der Waals surface area (Å²) >= 11 is 1.79. The second-order valence-corrected chi connectivity index (χ2v) is 14.7. The van der Waals surface area contributed by atoms with E-state index in [1.165, 1.54) is 86.7 Å². The Hall–Kier alpha value is -5.38. The number of rotatable bonds is 4. The van der Waals surface area contributed by atoms with Crippen LogP contribution >= 0.6 is 11.3 Å². The maximum absolute atomic E-state index is 5.36. The van der Waals surface area contributed by atoms with E-state index in [2.05, 4.69) is 146 Å². The molecule has 0 unspecified atom stereocenters. The lowest BCUT2D eigenvalue weighted by Crippen LogP contribution is -2.28. The highest BCUT2D eigenvalue weighted by Crippen LogP contribution is 2.58. The minimum Gasteiger partial charge on any atom is -0.226 e. The van der Waals surface area contributed by atoms with Crippen molar-refractivity contribution in [3.63, 3.8) is 0 Å². The van der Waals surface area contributed by atoms with Gasteiger partial charge in [-0.05, 0) is 69.5 Å². The third kappa shape index (κ3) is 4.53. The van der Waals surface area contributed by atoms with Crippen molar-refractivity contribution in [2.45, 2.75) is 37.5 Å². The number of benzene rings is 6. The highest BCUT2D eigenvalue weighted by molar-refractivity contribution is 7.26. The van der Waals surface area contributed by atoms with Gasteiger partial charge in [-0.15, -0.1) is 11.3 Å². The molecule has 0 bridgehead atoms. The maximum atomic E-state index is 5.36. The van der Waals surface area contributed by atoms with Crippen LogP contribution in [0.25, 0.3) is 76.3 Å². The summed E-state index contributed by atoms with van der Waals surface area (Å²) in [6, 6.07) is 53.1. The van der Waals surface area contributed by atoms with Gasteiger partial charge in [-0.1, -0.05) is 153 Å². The molecule has 2 aliphatic carbocycles. The third-order valence-electron chi connectivity index (χ3n) is 10.9. The van der Waals surface area contributed by atoms with Crippen molar-refractivity contribution in [2.24, 2.45) is 0 Å². The Labute approximate surface area is 290 Å². The molecule has 0 aliphatic heterocycles. The maximum Gasteiger partial charge on any atom is 0.160 e. The molecule has 0 atom stereocenters. The van der Waals surface area contributed by atoms with Crippen molar-refractivity contribution in [3.8, 4) is 56.0 Å². The first-order chi connectivity index (χ1) is 24.3. The summed E-state index contributed by atoms with van der Waals surface area (Å²) in [6.07, 6.45) is 6.32. The van der Waals surface area contributed by atoms with E-state index in [1.807, 2.05) is 0 Å². The van der Waals surface area contributed by atoms with Crippen LogP contribution in [0.15, 0.2) is 146 Å². The zero-order valence-electron chi connectivity index (χ0n) is 27.2. The average Bonchev–Trinajstić information content (AvgIpc) is 3.69. The largest absolute Gasteiger partial charge is 0.226 e. The van der Waals surface area contributed by atoms with Crippen LogP contribution in [0.5, 0.6) is 0 Å². The van der Waals surface area contributed by atoms with E-state index < -0.39 is 0 Å². The summed E-state index contributed by atoms with van der Waals surface area (Å²) in [4.78, 5) is 10.6. The second-order valence-electron chi connectivity index (χ2n) is 13.6. The van der Waals surface area contributed by atoms with Gasteiger partial charge in [0, 0.05) is 26.6 Å². The minimum absolute atomic E-state index is 0.0868. The highest BCUT2D eigenvalue weighted by Gasteiger charge is 2.45. The van der Waals surface area contributed by atoms with E-state index in [0.29, 0.717) is 0 Å². The molecule has 8 aromatic rings. The third-order valence-corrected chi connectivity index (χ3v) is 12.1. The lowest BCUT2D eigenvalue weighted by molar-refractivity contribution is 0.353. The summed E-state index contributed by atoms with van der Waals surface area (Å²) in [7, 11) is 0. The predicted molar refractivity (Wildman–Crippen MR) is 206 cm³/mol. The summed E-state index contributed by atoms with van der Waals surface area (Å²) in [5, 5.41) is 1.18. The molecule has 2 nitrogen and oxygen atoms in total. The Kier molecular flexibility index (Phi) is 6.63. The molecule has 234 valence electrons. The van der Waals surface area contributed by atoms with Crippen LogP contribution in [-0.4, -0.2) is 9.97 Å². The number of hydrogen-bond donors (Lipinski definition) is 0. The fraction of sp³-hybridized carbons (Fsp3) is 0.130. The van der Waals surface area contributed by atoms with E-state index in [1.54, 1.807) is 11.3 Å². The van der Waals surface area contributed by atoms with Crippen LogP contribution in [0.4, 0.5) is 0 Å². The number of hydrogen-bond acceptors (Lipinski definition) is 3. The van der Waals surface area contributed by atoms with E-state index >= 15 is 0 Å². The van der Waals surface area contributed by atoms with Crippen molar-refractivity contribution < 1.29 is 0 Å². The van der Waals surface area contributed by atoms with Crippen LogP contribution in [0, 0.1) is 0 Å². The molecular formula is C46H34N2S. The van der Waals surface area contributed by atoms with Crippen LogP contribution in [0.2, 0.25) is 0 Å². The molecule has 0 radical (unpaired) electrons. The average molecular weight is 647 g/mol. The van der Waals surface area contributed by atoms with E-state index in [-0.39, 0.29) is 5.41 Å². The number of fused-ring (bicyclic) bond motifs is 8. The summed E-state index contributed by atoms with van der Waals surface area (Å²) in [6.45, 7) is 0. The van der Waals surface area contributed by atoms with Crippen molar-refractivity contribution >= 4 is 31.6 Å². The van der Waals surface area contributed by atoms with Crippen molar-refractivity contribution in [1.82, 2.24) is 9.97 Å². The van der Waals surface area contributed by atoms with E-state index in [4.69, 9.17) is 9.97 Å². The number of thiophene rings is 1. The molecule has 10 rings (SSSR count). The van der Waals surface area contributed by atoms with Gasteiger partial charge in [0.15, 0.2) is 5.82 Å². The molecule has 2 aliphatic rings. The molecule has 1 fully saturated rings. The molecule has 1 saturated carbocycles. The van der Waals surface area contributed by atoms with E-state index in [0.717, 1.165) is 32.9 Å².